The first-order chi connectivity index (χ1) is 9.00. The number of nitrogens with zero attached hydrogens (tertiary/aromatic N) is 2. The number of aliphatic hydroxyl groups is 1. The Morgan fingerprint density at radius 2 is 2.21 bits per heavy atom. The first kappa shape index (κ1) is 16.6. The molecule has 0 aromatic carbocycles. The van der Waals surface area contributed by atoms with E-state index in [-0.39, 0.29) is 0 Å². The average Bonchev–Trinajstić information content (AvgIpc) is 2.76. The van der Waals surface area contributed by atoms with Gasteiger partial charge in [0.25, 0.3) is 0 Å². The van der Waals surface area contributed by atoms with Crippen molar-refractivity contribution >= 4 is 15.9 Å². The van der Waals surface area contributed by atoms with Crippen LogP contribution in [0.5, 0.6) is 0 Å². The van der Waals surface area contributed by atoms with Crippen molar-refractivity contribution in [2.24, 2.45) is 0 Å². The Morgan fingerprint density at radius 3 is 2.74 bits per heavy atom. The van der Waals surface area contributed by atoms with Crippen LogP contribution in [0.4, 0.5) is 0 Å². The fraction of sp³-hybridized carbons (Fsp3) is 0.769. The number of methoxy groups -OCH3 is 1. The zero-order chi connectivity index (χ0) is 14.5. The largest absolute Gasteiger partial charge is 0.384 e. The van der Waals surface area contributed by atoms with Gasteiger partial charge in [-0.2, -0.15) is 5.10 Å². The van der Waals surface area contributed by atoms with Gasteiger partial charge in [-0.05, 0) is 36.2 Å². The molecule has 1 aromatic rings. The lowest BCUT2D eigenvalue weighted by Gasteiger charge is -2.33. The first-order valence-electron chi connectivity index (χ1n) is 6.52. The third-order valence-corrected chi connectivity index (χ3v) is 3.96. The maximum absolute atomic E-state index is 10.7. The van der Waals surface area contributed by atoms with Crippen LogP contribution in [0.2, 0.25) is 0 Å². The molecule has 0 aliphatic carbocycles. The lowest BCUT2D eigenvalue weighted by atomic mass is 9.93. The van der Waals surface area contributed by atoms with E-state index in [2.05, 4.69) is 21.0 Å². The molecule has 0 bridgehead atoms. The Balaban J connectivity index is 3.02. The third kappa shape index (κ3) is 3.78. The standard InChI is InChI=1S/C13H23BrN2O3/c1-5-13(3,19-6-2)12(17)11-10(14)9-15-16(11)7-8-18-4/h9,12,17H,5-8H2,1-4H3. The molecule has 1 aromatic heterocycles. The number of ether oxygens (including phenoxy) is 2. The summed E-state index contributed by atoms with van der Waals surface area (Å²) >= 11 is 3.44. The van der Waals surface area contributed by atoms with E-state index < -0.39 is 11.7 Å². The van der Waals surface area contributed by atoms with Gasteiger partial charge in [-0.25, -0.2) is 0 Å². The molecule has 5 nitrogen and oxygen atoms in total. The summed E-state index contributed by atoms with van der Waals surface area (Å²) in [6.45, 7) is 7.55. The van der Waals surface area contributed by atoms with E-state index in [0.29, 0.717) is 26.2 Å². The Kier molecular flexibility index (Phi) is 6.46. The van der Waals surface area contributed by atoms with Crippen molar-refractivity contribution in [1.82, 2.24) is 9.78 Å². The molecule has 0 aliphatic rings. The van der Waals surface area contributed by atoms with Gasteiger partial charge < -0.3 is 14.6 Å². The predicted molar refractivity (Wildman–Crippen MR) is 77.1 cm³/mol. The van der Waals surface area contributed by atoms with Crippen LogP contribution >= 0.6 is 15.9 Å². The molecule has 0 amide bonds. The molecule has 0 saturated heterocycles. The van der Waals surface area contributed by atoms with E-state index in [9.17, 15) is 5.11 Å². The normalized spacial score (nSPS) is 16.3. The molecule has 2 atom stereocenters. The number of hydrogen-bond donors (Lipinski definition) is 1. The van der Waals surface area contributed by atoms with E-state index in [0.717, 1.165) is 10.2 Å². The van der Waals surface area contributed by atoms with Gasteiger partial charge in [-0.1, -0.05) is 6.92 Å². The second-order valence-corrected chi connectivity index (χ2v) is 5.45. The van der Waals surface area contributed by atoms with Crippen LogP contribution in [0, 0.1) is 0 Å². The summed E-state index contributed by atoms with van der Waals surface area (Å²) in [5, 5.41) is 14.9. The number of rotatable bonds is 8. The van der Waals surface area contributed by atoms with E-state index in [1.54, 1.807) is 18.0 Å². The highest BCUT2D eigenvalue weighted by Crippen LogP contribution is 2.35. The van der Waals surface area contributed by atoms with Gasteiger partial charge >= 0.3 is 0 Å². The molecule has 0 fully saturated rings. The Morgan fingerprint density at radius 1 is 1.53 bits per heavy atom. The molecule has 1 rings (SSSR count). The Bertz CT molecular complexity index is 397. The number of aromatic nitrogens is 2. The SMILES string of the molecule is CCOC(C)(CC)C(O)c1c(Br)cnn1CCOC. The summed E-state index contributed by atoms with van der Waals surface area (Å²) in [5.74, 6) is 0. The highest BCUT2D eigenvalue weighted by molar-refractivity contribution is 9.10. The Hall–Kier alpha value is -0.430. The van der Waals surface area contributed by atoms with Crippen molar-refractivity contribution in [1.29, 1.82) is 0 Å². The maximum atomic E-state index is 10.7. The van der Waals surface area contributed by atoms with Gasteiger partial charge in [0.05, 0.1) is 35.1 Å². The smallest absolute Gasteiger partial charge is 0.125 e. The maximum Gasteiger partial charge on any atom is 0.125 e. The van der Waals surface area contributed by atoms with Crippen LogP contribution in [-0.4, -0.2) is 40.8 Å². The van der Waals surface area contributed by atoms with Gasteiger partial charge in [-0.3, -0.25) is 4.68 Å². The van der Waals surface area contributed by atoms with Gasteiger partial charge in [0.2, 0.25) is 0 Å². The summed E-state index contributed by atoms with van der Waals surface area (Å²) < 4.78 is 13.3. The Labute approximate surface area is 123 Å². The highest BCUT2D eigenvalue weighted by atomic mass is 79.9. The molecule has 0 spiro atoms. The van der Waals surface area contributed by atoms with Crippen LogP contribution in [-0.2, 0) is 16.0 Å². The highest BCUT2D eigenvalue weighted by Gasteiger charge is 2.36. The second-order valence-electron chi connectivity index (χ2n) is 4.60. The molecule has 0 saturated carbocycles. The fourth-order valence-corrected chi connectivity index (χ4v) is 2.51. The average molecular weight is 335 g/mol. The van der Waals surface area contributed by atoms with Crippen LogP contribution in [0.3, 0.4) is 0 Å². The third-order valence-electron chi connectivity index (χ3n) is 3.35. The zero-order valence-electron chi connectivity index (χ0n) is 12.0. The molecule has 2 unspecified atom stereocenters. The zero-order valence-corrected chi connectivity index (χ0v) is 13.6. The molecule has 1 heterocycles. The van der Waals surface area contributed by atoms with Crippen LogP contribution in [0.1, 0.15) is 39.0 Å². The van der Waals surface area contributed by atoms with Crippen LogP contribution < -0.4 is 0 Å². The predicted octanol–water partition coefficient (Wildman–Crippen LogP) is 2.53. The van der Waals surface area contributed by atoms with Gasteiger partial charge in [-0.15, -0.1) is 0 Å². The molecule has 6 heteroatoms. The van der Waals surface area contributed by atoms with E-state index >= 15 is 0 Å². The molecule has 1 N–H and O–H groups in total. The van der Waals surface area contributed by atoms with Gasteiger partial charge in [0.1, 0.15) is 6.10 Å². The first-order valence-corrected chi connectivity index (χ1v) is 7.31. The molecule has 110 valence electrons. The molecule has 19 heavy (non-hydrogen) atoms. The lowest BCUT2D eigenvalue weighted by Crippen LogP contribution is -2.37. The van der Waals surface area contributed by atoms with Gasteiger partial charge in [0, 0.05) is 13.7 Å². The van der Waals surface area contributed by atoms with Crippen molar-refractivity contribution in [2.45, 2.75) is 45.4 Å². The number of halogens is 1. The fourth-order valence-electron chi connectivity index (χ4n) is 1.99. The van der Waals surface area contributed by atoms with Crippen LogP contribution in [0.25, 0.3) is 0 Å². The topological polar surface area (TPSA) is 56.5 Å². The van der Waals surface area contributed by atoms with E-state index in [1.807, 2.05) is 20.8 Å². The van der Waals surface area contributed by atoms with Gasteiger partial charge in [0.15, 0.2) is 0 Å². The van der Waals surface area contributed by atoms with Crippen molar-refractivity contribution in [3.8, 4) is 0 Å². The molecular weight excluding hydrogens is 312 g/mol. The minimum absolute atomic E-state index is 0.547. The summed E-state index contributed by atoms with van der Waals surface area (Å²) in [5.41, 5.74) is 0.108. The minimum Gasteiger partial charge on any atom is -0.384 e. The van der Waals surface area contributed by atoms with Crippen LogP contribution in [0.15, 0.2) is 10.7 Å². The van der Waals surface area contributed by atoms with E-state index in [4.69, 9.17) is 9.47 Å². The number of hydrogen-bond acceptors (Lipinski definition) is 4. The summed E-state index contributed by atoms with van der Waals surface area (Å²) in [6, 6.07) is 0. The van der Waals surface area contributed by atoms with Crippen molar-refractivity contribution in [2.75, 3.05) is 20.3 Å². The summed E-state index contributed by atoms with van der Waals surface area (Å²) in [6.07, 6.45) is 1.66. The summed E-state index contributed by atoms with van der Waals surface area (Å²) in [7, 11) is 1.64. The monoisotopic (exact) mass is 334 g/mol. The quantitative estimate of drug-likeness (QED) is 0.793. The molecular formula is C13H23BrN2O3. The number of aliphatic hydroxyl groups excluding tert-OH is 1. The van der Waals surface area contributed by atoms with E-state index in [1.165, 1.54) is 0 Å². The van der Waals surface area contributed by atoms with Crippen molar-refractivity contribution in [3.05, 3.63) is 16.4 Å². The van der Waals surface area contributed by atoms with Crippen molar-refractivity contribution in [3.63, 3.8) is 0 Å². The van der Waals surface area contributed by atoms with Crippen molar-refractivity contribution < 1.29 is 14.6 Å². The molecule has 0 radical (unpaired) electrons. The summed E-state index contributed by atoms with van der Waals surface area (Å²) in [4.78, 5) is 0. The molecule has 0 aliphatic heterocycles. The minimum atomic E-state index is -0.744. The lowest BCUT2D eigenvalue weighted by molar-refractivity contribution is -0.116. The second kappa shape index (κ2) is 7.38.